The third-order valence-corrected chi connectivity index (χ3v) is 3.72. The van der Waals surface area contributed by atoms with Crippen molar-refractivity contribution in [1.29, 1.82) is 5.26 Å². The zero-order valence-corrected chi connectivity index (χ0v) is 11.2. The Balaban J connectivity index is 2.14. The molecule has 0 saturated carbocycles. The molecule has 0 unspecified atom stereocenters. The molecule has 1 aromatic heterocycles. The van der Waals surface area contributed by atoms with Crippen LogP contribution in [0.2, 0.25) is 0 Å². The molecular formula is C16H17N3. The van der Waals surface area contributed by atoms with Crippen LogP contribution in [-0.2, 0) is 19.4 Å². The van der Waals surface area contributed by atoms with Gasteiger partial charge in [0.15, 0.2) is 0 Å². The van der Waals surface area contributed by atoms with Gasteiger partial charge in [-0.1, -0.05) is 23.8 Å². The van der Waals surface area contributed by atoms with Crippen LogP contribution in [0, 0.1) is 18.3 Å². The molecule has 1 aromatic carbocycles. The zero-order chi connectivity index (χ0) is 13.2. The average molecular weight is 251 g/mol. The SMILES string of the molecule is Cc1cccc(-c2nc(CC#N)c3n2CCCC3)c1. The van der Waals surface area contributed by atoms with E-state index in [0.29, 0.717) is 6.42 Å². The van der Waals surface area contributed by atoms with Crippen LogP contribution in [0.4, 0.5) is 0 Å². The van der Waals surface area contributed by atoms with Crippen molar-refractivity contribution in [3.05, 3.63) is 41.2 Å². The summed E-state index contributed by atoms with van der Waals surface area (Å²) in [6.07, 6.45) is 3.88. The van der Waals surface area contributed by atoms with Crippen molar-refractivity contribution in [2.45, 2.75) is 39.2 Å². The van der Waals surface area contributed by atoms with Gasteiger partial charge in [0, 0.05) is 17.8 Å². The van der Waals surface area contributed by atoms with Crippen molar-refractivity contribution in [2.75, 3.05) is 0 Å². The van der Waals surface area contributed by atoms with Crippen LogP contribution in [0.1, 0.15) is 29.8 Å². The Morgan fingerprint density at radius 3 is 3.05 bits per heavy atom. The van der Waals surface area contributed by atoms with Crippen LogP contribution < -0.4 is 0 Å². The average Bonchev–Trinajstić information content (AvgIpc) is 2.79. The van der Waals surface area contributed by atoms with Crippen molar-refractivity contribution in [1.82, 2.24) is 9.55 Å². The number of rotatable bonds is 2. The second-order valence-electron chi connectivity index (χ2n) is 5.14. The van der Waals surface area contributed by atoms with Crippen LogP contribution in [0.15, 0.2) is 24.3 Å². The molecule has 0 bridgehead atoms. The fourth-order valence-electron chi connectivity index (χ4n) is 2.84. The van der Waals surface area contributed by atoms with Gasteiger partial charge in [-0.05, 0) is 32.3 Å². The Morgan fingerprint density at radius 2 is 2.26 bits per heavy atom. The van der Waals surface area contributed by atoms with Gasteiger partial charge in [0.1, 0.15) is 5.82 Å². The smallest absolute Gasteiger partial charge is 0.140 e. The first kappa shape index (κ1) is 12.0. The quantitative estimate of drug-likeness (QED) is 0.822. The third-order valence-electron chi connectivity index (χ3n) is 3.72. The highest BCUT2D eigenvalue weighted by Gasteiger charge is 2.20. The summed E-state index contributed by atoms with van der Waals surface area (Å²) in [4.78, 5) is 4.73. The highest BCUT2D eigenvalue weighted by Crippen LogP contribution is 2.28. The molecule has 0 fully saturated rings. The number of hydrogen-bond donors (Lipinski definition) is 0. The second kappa shape index (κ2) is 4.89. The molecule has 0 saturated heterocycles. The predicted octanol–water partition coefficient (Wildman–Crippen LogP) is 3.26. The highest BCUT2D eigenvalue weighted by atomic mass is 15.1. The number of nitriles is 1. The van der Waals surface area contributed by atoms with Crippen LogP contribution in [0.5, 0.6) is 0 Å². The Labute approximate surface area is 113 Å². The van der Waals surface area contributed by atoms with Crippen LogP contribution in [-0.4, -0.2) is 9.55 Å². The van der Waals surface area contributed by atoms with Gasteiger partial charge in [-0.3, -0.25) is 0 Å². The monoisotopic (exact) mass is 251 g/mol. The van der Waals surface area contributed by atoms with Gasteiger partial charge in [0.2, 0.25) is 0 Å². The number of nitrogens with zero attached hydrogens (tertiary/aromatic N) is 3. The molecule has 2 heterocycles. The first-order chi connectivity index (χ1) is 9.29. The lowest BCUT2D eigenvalue weighted by molar-refractivity contribution is 0.534. The highest BCUT2D eigenvalue weighted by molar-refractivity contribution is 5.58. The van der Waals surface area contributed by atoms with Crippen LogP contribution >= 0.6 is 0 Å². The maximum absolute atomic E-state index is 8.95. The molecule has 0 atom stereocenters. The lowest BCUT2D eigenvalue weighted by atomic mass is 10.1. The number of benzene rings is 1. The van der Waals surface area contributed by atoms with E-state index in [1.807, 2.05) is 0 Å². The van der Waals surface area contributed by atoms with Crippen molar-refractivity contribution < 1.29 is 0 Å². The Kier molecular flexibility index (Phi) is 3.08. The van der Waals surface area contributed by atoms with E-state index in [0.717, 1.165) is 30.0 Å². The first-order valence-corrected chi connectivity index (χ1v) is 6.82. The number of imidazole rings is 1. The van der Waals surface area contributed by atoms with Gasteiger partial charge in [0.05, 0.1) is 18.2 Å². The van der Waals surface area contributed by atoms with Crippen LogP contribution in [0.25, 0.3) is 11.4 Å². The molecule has 0 N–H and O–H groups in total. The molecule has 1 aliphatic rings. The molecule has 0 aliphatic carbocycles. The Bertz CT molecular complexity index is 646. The Hall–Kier alpha value is -2.08. The molecule has 96 valence electrons. The third kappa shape index (κ3) is 2.15. The second-order valence-corrected chi connectivity index (χ2v) is 5.14. The molecule has 3 rings (SSSR count). The van der Waals surface area contributed by atoms with Gasteiger partial charge < -0.3 is 4.57 Å². The maximum atomic E-state index is 8.95. The van der Waals surface area contributed by atoms with E-state index in [2.05, 4.69) is 41.8 Å². The van der Waals surface area contributed by atoms with Crippen molar-refractivity contribution in [2.24, 2.45) is 0 Å². The molecule has 0 amide bonds. The van der Waals surface area contributed by atoms with Gasteiger partial charge in [-0.15, -0.1) is 0 Å². The van der Waals surface area contributed by atoms with Gasteiger partial charge in [0.25, 0.3) is 0 Å². The molecule has 2 aromatic rings. The summed E-state index contributed by atoms with van der Waals surface area (Å²) in [6, 6.07) is 10.7. The standard InChI is InChI=1S/C16H17N3/c1-12-5-4-6-13(11-12)16-18-14(8-9-17)15-7-2-3-10-19(15)16/h4-6,11H,2-3,7-8,10H2,1H3. The van der Waals surface area contributed by atoms with Gasteiger partial charge in [-0.25, -0.2) is 4.98 Å². The van der Waals surface area contributed by atoms with Crippen LogP contribution in [0.3, 0.4) is 0 Å². The topological polar surface area (TPSA) is 41.6 Å². The lowest BCUT2D eigenvalue weighted by Gasteiger charge is -2.17. The van der Waals surface area contributed by atoms with E-state index in [1.165, 1.54) is 24.1 Å². The number of aromatic nitrogens is 2. The number of fused-ring (bicyclic) bond motifs is 1. The molecule has 19 heavy (non-hydrogen) atoms. The van der Waals surface area contributed by atoms with E-state index >= 15 is 0 Å². The zero-order valence-electron chi connectivity index (χ0n) is 11.2. The van der Waals surface area contributed by atoms with Gasteiger partial charge >= 0.3 is 0 Å². The molecular weight excluding hydrogens is 234 g/mol. The van der Waals surface area contributed by atoms with Crippen molar-refractivity contribution in [3.8, 4) is 17.5 Å². The molecule has 0 spiro atoms. The van der Waals surface area contributed by atoms with E-state index in [-0.39, 0.29) is 0 Å². The minimum atomic E-state index is 0.418. The number of aryl methyl sites for hydroxylation is 1. The molecule has 3 nitrogen and oxygen atoms in total. The van der Waals surface area contributed by atoms with E-state index < -0.39 is 0 Å². The Morgan fingerprint density at radius 1 is 1.37 bits per heavy atom. The minimum absolute atomic E-state index is 0.418. The summed E-state index contributed by atoms with van der Waals surface area (Å²) in [7, 11) is 0. The largest absolute Gasteiger partial charge is 0.328 e. The summed E-state index contributed by atoms with van der Waals surface area (Å²) < 4.78 is 2.31. The summed E-state index contributed by atoms with van der Waals surface area (Å²) in [5.74, 6) is 1.03. The fraction of sp³-hybridized carbons (Fsp3) is 0.375. The first-order valence-electron chi connectivity index (χ1n) is 6.82. The van der Waals surface area contributed by atoms with E-state index in [9.17, 15) is 0 Å². The van der Waals surface area contributed by atoms with Crippen molar-refractivity contribution >= 4 is 0 Å². The van der Waals surface area contributed by atoms with E-state index in [1.54, 1.807) is 0 Å². The van der Waals surface area contributed by atoms with E-state index in [4.69, 9.17) is 10.2 Å². The normalized spacial score (nSPS) is 13.9. The number of hydrogen-bond acceptors (Lipinski definition) is 2. The summed E-state index contributed by atoms with van der Waals surface area (Å²) in [5.41, 5.74) is 4.64. The maximum Gasteiger partial charge on any atom is 0.140 e. The summed E-state index contributed by atoms with van der Waals surface area (Å²) in [5, 5.41) is 8.95. The summed E-state index contributed by atoms with van der Waals surface area (Å²) >= 11 is 0. The summed E-state index contributed by atoms with van der Waals surface area (Å²) in [6.45, 7) is 3.12. The van der Waals surface area contributed by atoms with Crippen molar-refractivity contribution in [3.63, 3.8) is 0 Å². The molecule has 3 heteroatoms. The fourth-order valence-corrected chi connectivity index (χ4v) is 2.84. The predicted molar refractivity (Wildman–Crippen MR) is 74.7 cm³/mol. The molecule has 1 aliphatic heterocycles. The van der Waals surface area contributed by atoms with Gasteiger partial charge in [-0.2, -0.15) is 5.26 Å². The minimum Gasteiger partial charge on any atom is -0.328 e. The molecule has 0 radical (unpaired) electrons. The lowest BCUT2D eigenvalue weighted by Crippen LogP contribution is -2.12.